The van der Waals surface area contributed by atoms with Gasteiger partial charge in [-0.3, -0.25) is 4.98 Å². The molecule has 0 aliphatic carbocycles. The molecule has 0 atom stereocenters. The van der Waals surface area contributed by atoms with Crippen LogP contribution in [0.2, 0.25) is 0 Å². The van der Waals surface area contributed by atoms with Gasteiger partial charge in [-0.05, 0) is 38.1 Å². The summed E-state index contributed by atoms with van der Waals surface area (Å²) in [4.78, 5) is 8.79. The van der Waals surface area contributed by atoms with E-state index in [0.29, 0.717) is 6.04 Å². The molecule has 0 radical (unpaired) electrons. The zero-order valence-corrected chi connectivity index (χ0v) is 10.5. The molecule has 90 valence electrons. The quantitative estimate of drug-likeness (QED) is 0.680. The lowest BCUT2D eigenvalue weighted by molar-refractivity contribution is 0.606. The lowest BCUT2D eigenvalue weighted by Crippen LogP contribution is -2.01. The second kappa shape index (κ2) is 4.26. The van der Waals surface area contributed by atoms with Gasteiger partial charge in [-0.15, -0.1) is 0 Å². The van der Waals surface area contributed by atoms with Gasteiger partial charge in [0.15, 0.2) is 0 Å². The number of nitrogens with zero attached hydrogens (tertiary/aromatic N) is 3. The third kappa shape index (κ3) is 1.78. The first-order valence-corrected chi connectivity index (χ1v) is 6.14. The molecule has 0 fully saturated rings. The Kier molecular flexibility index (Phi) is 2.59. The maximum absolute atomic E-state index is 4.46. The molecule has 1 aromatic carbocycles. The van der Waals surface area contributed by atoms with Gasteiger partial charge in [0.2, 0.25) is 0 Å². The topological polar surface area (TPSA) is 30.7 Å². The number of rotatable bonds is 2. The van der Waals surface area contributed by atoms with Crippen LogP contribution in [-0.4, -0.2) is 14.5 Å². The van der Waals surface area contributed by atoms with Crippen LogP contribution < -0.4 is 0 Å². The Labute approximate surface area is 106 Å². The summed E-state index contributed by atoms with van der Waals surface area (Å²) in [5.41, 5.74) is 2.15. The second-order valence-electron chi connectivity index (χ2n) is 4.66. The van der Waals surface area contributed by atoms with E-state index in [2.05, 4.69) is 46.6 Å². The predicted molar refractivity (Wildman–Crippen MR) is 73.3 cm³/mol. The Morgan fingerprint density at radius 2 is 1.94 bits per heavy atom. The summed E-state index contributed by atoms with van der Waals surface area (Å²) in [6.07, 6.45) is 5.69. The van der Waals surface area contributed by atoms with E-state index < -0.39 is 0 Å². The van der Waals surface area contributed by atoms with Crippen molar-refractivity contribution < 1.29 is 0 Å². The SMILES string of the molecule is CC(C)n1ccnc1-c1ccc2ncccc2c1. The molecule has 0 bridgehead atoms. The minimum atomic E-state index is 0.409. The standard InChI is InChI=1S/C15H15N3/c1-11(2)18-9-8-17-15(18)13-5-6-14-12(10-13)4-3-7-16-14/h3-11H,1-2H3. The van der Waals surface area contributed by atoms with E-state index in [-0.39, 0.29) is 0 Å². The average molecular weight is 237 g/mol. The van der Waals surface area contributed by atoms with Gasteiger partial charge >= 0.3 is 0 Å². The van der Waals surface area contributed by atoms with Crippen LogP contribution in [0.4, 0.5) is 0 Å². The first-order valence-electron chi connectivity index (χ1n) is 6.14. The zero-order chi connectivity index (χ0) is 12.5. The highest BCUT2D eigenvalue weighted by atomic mass is 15.1. The van der Waals surface area contributed by atoms with Gasteiger partial charge in [0.05, 0.1) is 5.52 Å². The lowest BCUT2D eigenvalue weighted by atomic mass is 10.1. The van der Waals surface area contributed by atoms with E-state index in [1.807, 2.05) is 30.7 Å². The van der Waals surface area contributed by atoms with Crippen LogP contribution in [0.15, 0.2) is 48.9 Å². The largest absolute Gasteiger partial charge is 0.328 e. The first kappa shape index (κ1) is 11.0. The highest BCUT2D eigenvalue weighted by molar-refractivity contribution is 5.83. The lowest BCUT2D eigenvalue weighted by Gasteiger charge is -2.11. The van der Waals surface area contributed by atoms with Crippen molar-refractivity contribution in [3.05, 3.63) is 48.9 Å². The molecule has 3 aromatic rings. The summed E-state index contributed by atoms with van der Waals surface area (Å²) in [6.45, 7) is 4.32. The van der Waals surface area contributed by atoms with Gasteiger partial charge in [0, 0.05) is 35.6 Å². The second-order valence-corrected chi connectivity index (χ2v) is 4.66. The summed E-state index contributed by atoms with van der Waals surface area (Å²) in [5, 5.41) is 1.15. The molecule has 0 saturated heterocycles. The van der Waals surface area contributed by atoms with Gasteiger partial charge in [0.1, 0.15) is 5.82 Å². The van der Waals surface area contributed by atoms with Gasteiger partial charge in [-0.2, -0.15) is 0 Å². The summed E-state index contributed by atoms with van der Waals surface area (Å²) in [6, 6.07) is 10.7. The van der Waals surface area contributed by atoms with Crippen molar-refractivity contribution in [3.63, 3.8) is 0 Å². The fourth-order valence-corrected chi connectivity index (χ4v) is 2.17. The van der Waals surface area contributed by atoms with Crippen molar-refractivity contribution in [1.29, 1.82) is 0 Å². The third-order valence-electron chi connectivity index (χ3n) is 3.09. The summed E-state index contributed by atoms with van der Waals surface area (Å²) in [5.74, 6) is 1.01. The molecule has 3 nitrogen and oxygen atoms in total. The van der Waals surface area contributed by atoms with Crippen molar-refractivity contribution in [2.75, 3.05) is 0 Å². The Bertz CT molecular complexity index is 683. The van der Waals surface area contributed by atoms with Crippen LogP contribution >= 0.6 is 0 Å². The molecule has 3 rings (SSSR count). The molecule has 0 N–H and O–H groups in total. The maximum Gasteiger partial charge on any atom is 0.140 e. The van der Waals surface area contributed by atoms with Crippen molar-refractivity contribution in [2.45, 2.75) is 19.9 Å². The molecule has 0 aliphatic heterocycles. The van der Waals surface area contributed by atoms with Gasteiger partial charge in [0.25, 0.3) is 0 Å². The smallest absolute Gasteiger partial charge is 0.140 e. The van der Waals surface area contributed by atoms with E-state index in [9.17, 15) is 0 Å². The number of fused-ring (bicyclic) bond motifs is 1. The Balaban J connectivity index is 2.16. The highest BCUT2D eigenvalue weighted by Crippen LogP contribution is 2.24. The number of hydrogen-bond acceptors (Lipinski definition) is 2. The number of imidazole rings is 1. The number of aromatic nitrogens is 3. The van der Waals surface area contributed by atoms with Crippen LogP contribution in [0.3, 0.4) is 0 Å². The van der Waals surface area contributed by atoms with Crippen molar-refractivity contribution in [3.8, 4) is 11.4 Å². The Morgan fingerprint density at radius 3 is 2.78 bits per heavy atom. The molecule has 3 heteroatoms. The monoisotopic (exact) mass is 237 g/mol. The minimum Gasteiger partial charge on any atom is -0.328 e. The van der Waals surface area contributed by atoms with Crippen molar-refractivity contribution in [2.24, 2.45) is 0 Å². The Hall–Kier alpha value is -2.16. The van der Waals surface area contributed by atoms with Gasteiger partial charge in [-0.25, -0.2) is 4.98 Å². The molecule has 0 amide bonds. The number of pyridine rings is 1. The minimum absolute atomic E-state index is 0.409. The van der Waals surface area contributed by atoms with E-state index in [0.717, 1.165) is 22.3 Å². The molecular weight excluding hydrogens is 222 g/mol. The first-order chi connectivity index (χ1) is 8.75. The normalized spacial score (nSPS) is 11.3. The highest BCUT2D eigenvalue weighted by Gasteiger charge is 2.08. The van der Waals surface area contributed by atoms with E-state index in [1.165, 1.54) is 0 Å². The van der Waals surface area contributed by atoms with Crippen LogP contribution in [0, 0.1) is 0 Å². The molecule has 18 heavy (non-hydrogen) atoms. The summed E-state index contributed by atoms with van der Waals surface area (Å²) < 4.78 is 2.18. The van der Waals surface area contributed by atoms with E-state index >= 15 is 0 Å². The predicted octanol–water partition coefficient (Wildman–Crippen LogP) is 3.68. The molecule has 0 saturated carbocycles. The Morgan fingerprint density at radius 1 is 1.06 bits per heavy atom. The number of benzene rings is 1. The zero-order valence-electron chi connectivity index (χ0n) is 10.5. The number of hydrogen-bond donors (Lipinski definition) is 0. The van der Waals surface area contributed by atoms with Crippen molar-refractivity contribution >= 4 is 10.9 Å². The van der Waals surface area contributed by atoms with E-state index in [4.69, 9.17) is 0 Å². The maximum atomic E-state index is 4.46. The van der Waals surface area contributed by atoms with E-state index in [1.54, 1.807) is 0 Å². The van der Waals surface area contributed by atoms with Crippen LogP contribution in [0.1, 0.15) is 19.9 Å². The van der Waals surface area contributed by atoms with Crippen LogP contribution in [0.25, 0.3) is 22.3 Å². The third-order valence-corrected chi connectivity index (χ3v) is 3.09. The molecular formula is C15H15N3. The van der Waals surface area contributed by atoms with Crippen LogP contribution in [-0.2, 0) is 0 Å². The molecule has 0 unspecified atom stereocenters. The average Bonchev–Trinajstić information content (AvgIpc) is 2.87. The molecule has 0 aliphatic rings. The molecule has 0 spiro atoms. The fourth-order valence-electron chi connectivity index (χ4n) is 2.17. The molecule has 2 aromatic heterocycles. The van der Waals surface area contributed by atoms with Crippen molar-refractivity contribution in [1.82, 2.24) is 14.5 Å². The summed E-state index contributed by atoms with van der Waals surface area (Å²) >= 11 is 0. The molecule has 2 heterocycles. The van der Waals surface area contributed by atoms with Gasteiger partial charge in [-0.1, -0.05) is 6.07 Å². The summed E-state index contributed by atoms with van der Waals surface area (Å²) in [7, 11) is 0. The fraction of sp³-hybridized carbons (Fsp3) is 0.200. The van der Waals surface area contributed by atoms with Gasteiger partial charge < -0.3 is 4.57 Å². The van der Waals surface area contributed by atoms with Crippen LogP contribution in [0.5, 0.6) is 0 Å².